The van der Waals surface area contributed by atoms with Gasteiger partial charge < -0.3 is 19.9 Å². The van der Waals surface area contributed by atoms with Crippen LogP contribution in [0.1, 0.15) is 46.0 Å². The molecule has 1 aliphatic carbocycles. The summed E-state index contributed by atoms with van der Waals surface area (Å²) < 4.78 is 11.5. The Kier molecular flexibility index (Phi) is 5.63. The molecule has 2 unspecified atom stereocenters. The zero-order valence-electron chi connectivity index (χ0n) is 12.4. The van der Waals surface area contributed by atoms with Gasteiger partial charge in [-0.15, -0.1) is 0 Å². The second-order valence-electron chi connectivity index (χ2n) is 6.71. The normalized spacial score (nSPS) is 29.5. The van der Waals surface area contributed by atoms with Crippen molar-refractivity contribution in [1.29, 1.82) is 0 Å². The first-order chi connectivity index (χ1) is 9.05. The van der Waals surface area contributed by atoms with Crippen LogP contribution in [0.4, 0.5) is 0 Å². The molecule has 0 aromatic heterocycles. The third-order valence-electron chi connectivity index (χ3n) is 4.10. The number of hydrogen-bond donors (Lipinski definition) is 2. The Bertz CT molecular complexity index is 264. The molecule has 2 fully saturated rings. The standard InChI is InChI=1S/C15H29NO3/c1-15(2)11-16-8-14(19-15)10-18-9-13(17)7-12-5-3-4-6-12/h12-14,16-17H,3-11H2,1-2H3. The van der Waals surface area contributed by atoms with Crippen molar-refractivity contribution in [2.45, 2.75) is 63.8 Å². The predicted molar refractivity (Wildman–Crippen MR) is 75.2 cm³/mol. The second-order valence-corrected chi connectivity index (χ2v) is 6.71. The Hall–Kier alpha value is -0.160. The molecule has 1 saturated carbocycles. The van der Waals surface area contributed by atoms with Gasteiger partial charge in [0.1, 0.15) is 0 Å². The number of morpholine rings is 1. The first kappa shape index (κ1) is 15.2. The van der Waals surface area contributed by atoms with Crippen LogP contribution >= 0.6 is 0 Å². The van der Waals surface area contributed by atoms with Gasteiger partial charge in [-0.2, -0.15) is 0 Å². The summed E-state index contributed by atoms with van der Waals surface area (Å²) in [6, 6.07) is 0. The van der Waals surface area contributed by atoms with Gasteiger partial charge in [0, 0.05) is 13.1 Å². The molecule has 0 spiro atoms. The Labute approximate surface area is 116 Å². The molecule has 0 aromatic carbocycles. The lowest BCUT2D eigenvalue weighted by Gasteiger charge is -2.36. The third kappa shape index (κ3) is 5.38. The molecule has 0 bridgehead atoms. The summed E-state index contributed by atoms with van der Waals surface area (Å²) in [5.41, 5.74) is -0.116. The predicted octanol–water partition coefficient (Wildman–Crippen LogP) is 1.71. The van der Waals surface area contributed by atoms with Gasteiger partial charge in [0.2, 0.25) is 0 Å². The molecule has 1 heterocycles. The minimum Gasteiger partial charge on any atom is -0.391 e. The molecule has 2 atom stereocenters. The van der Waals surface area contributed by atoms with E-state index in [0.717, 1.165) is 19.5 Å². The van der Waals surface area contributed by atoms with E-state index in [1.807, 2.05) is 0 Å². The van der Waals surface area contributed by atoms with Crippen LogP contribution in [0.15, 0.2) is 0 Å². The molecule has 1 aliphatic heterocycles. The van der Waals surface area contributed by atoms with Gasteiger partial charge in [-0.25, -0.2) is 0 Å². The van der Waals surface area contributed by atoms with E-state index in [9.17, 15) is 5.11 Å². The van der Waals surface area contributed by atoms with Gasteiger partial charge in [-0.05, 0) is 26.2 Å². The fraction of sp³-hybridized carbons (Fsp3) is 1.00. The van der Waals surface area contributed by atoms with E-state index in [0.29, 0.717) is 19.1 Å². The van der Waals surface area contributed by atoms with Crippen molar-refractivity contribution in [3.63, 3.8) is 0 Å². The average molecular weight is 271 g/mol. The molecular weight excluding hydrogens is 242 g/mol. The SMILES string of the molecule is CC1(C)CNCC(COCC(O)CC2CCCC2)O1. The van der Waals surface area contributed by atoms with Gasteiger partial charge in [0.15, 0.2) is 0 Å². The Morgan fingerprint density at radius 1 is 1.37 bits per heavy atom. The van der Waals surface area contributed by atoms with Gasteiger partial charge in [0.05, 0.1) is 31.0 Å². The van der Waals surface area contributed by atoms with Crippen LogP contribution in [-0.2, 0) is 9.47 Å². The summed E-state index contributed by atoms with van der Waals surface area (Å²) >= 11 is 0. The summed E-state index contributed by atoms with van der Waals surface area (Å²) in [5, 5.41) is 13.3. The van der Waals surface area contributed by atoms with Gasteiger partial charge in [0.25, 0.3) is 0 Å². The van der Waals surface area contributed by atoms with Crippen molar-refractivity contribution in [2.24, 2.45) is 5.92 Å². The number of aliphatic hydroxyl groups excluding tert-OH is 1. The van der Waals surface area contributed by atoms with Crippen LogP contribution in [0.2, 0.25) is 0 Å². The van der Waals surface area contributed by atoms with E-state index in [1.54, 1.807) is 0 Å². The van der Waals surface area contributed by atoms with Gasteiger partial charge in [-0.1, -0.05) is 25.7 Å². The molecule has 0 amide bonds. The van der Waals surface area contributed by atoms with E-state index >= 15 is 0 Å². The molecule has 2 aliphatic rings. The lowest BCUT2D eigenvalue weighted by molar-refractivity contribution is -0.125. The Balaban J connectivity index is 1.57. The number of aliphatic hydroxyl groups is 1. The van der Waals surface area contributed by atoms with Crippen molar-refractivity contribution in [1.82, 2.24) is 5.32 Å². The lowest BCUT2D eigenvalue weighted by atomic mass is 10.0. The molecule has 0 aromatic rings. The summed E-state index contributed by atoms with van der Waals surface area (Å²) in [7, 11) is 0. The quantitative estimate of drug-likeness (QED) is 0.772. The maximum absolute atomic E-state index is 9.96. The van der Waals surface area contributed by atoms with Crippen LogP contribution in [0, 0.1) is 5.92 Å². The van der Waals surface area contributed by atoms with Crippen molar-refractivity contribution in [3.8, 4) is 0 Å². The van der Waals surface area contributed by atoms with Crippen LogP contribution in [-0.4, -0.2) is 49.2 Å². The molecule has 19 heavy (non-hydrogen) atoms. The third-order valence-corrected chi connectivity index (χ3v) is 4.10. The maximum Gasteiger partial charge on any atom is 0.0940 e. The van der Waals surface area contributed by atoms with Crippen molar-refractivity contribution < 1.29 is 14.6 Å². The molecule has 2 N–H and O–H groups in total. The van der Waals surface area contributed by atoms with E-state index in [2.05, 4.69) is 19.2 Å². The fourth-order valence-electron chi connectivity index (χ4n) is 3.20. The van der Waals surface area contributed by atoms with E-state index in [-0.39, 0.29) is 17.8 Å². The van der Waals surface area contributed by atoms with Crippen molar-refractivity contribution in [3.05, 3.63) is 0 Å². The highest BCUT2D eigenvalue weighted by Gasteiger charge is 2.28. The second kappa shape index (κ2) is 7.02. The van der Waals surface area contributed by atoms with E-state index in [4.69, 9.17) is 9.47 Å². The van der Waals surface area contributed by atoms with Crippen molar-refractivity contribution >= 4 is 0 Å². The molecule has 2 rings (SSSR count). The highest BCUT2D eigenvalue weighted by Crippen LogP contribution is 2.28. The zero-order chi connectivity index (χ0) is 13.7. The first-order valence-electron chi connectivity index (χ1n) is 7.69. The number of nitrogens with one attached hydrogen (secondary N) is 1. The first-order valence-corrected chi connectivity index (χ1v) is 7.69. The highest BCUT2D eigenvalue weighted by atomic mass is 16.6. The van der Waals surface area contributed by atoms with Crippen LogP contribution in [0.25, 0.3) is 0 Å². The van der Waals surface area contributed by atoms with Crippen molar-refractivity contribution in [2.75, 3.05) is 26.3 Å². The number of ether oxygens (including phenoxy) is 2. The number of rotatable bonds is 6. The topological polar surface area (TPSA) is 50.7 Å². The van der Waals surface area contributed by atoms with Gasteiger partial charge in [-0.3, -0.25) is 0 Å². The molecule has 112 valence electrons. The average Bonchev–Trinajstić information content (AvgIpc) is 2.80. The molecular formula is C15H29NO3. The highest BCUT2D eigenvalue weighted by molar-refractivity contribution is 4.81. The van der Waals surface area contributed by atoms with Gasteiger partial charge >= 0.3 is 0 Å². The van der Waals surface area contributed by atoms with E-state index < -0.39 is 0 Å². The zero-order valence-corrected chi connectivity index (χ0v) is 12.4. The fourth-order valence-corrected chi connectivity index (χ4v) is 3.20. The summed E-state index contributed by atoms with van der Waals surface area (Å²) in [4.78, 5) is 0. The monoisotopic (exact) mass is 271 g/mol. The van der Waals surface area contributed by atoms with Crippen LogP contribution < -0.4 is 5.32 Å². The maximum atomic E-state index is 9.96. The minimum absolute atomic E-state index is 0.0995. The smallest absolute Gasteiger partial charge is 0.0940 e. The van der Waals surface area contributed by atoms with Crippen LogP contribution in [0.3, 0.4) is 0 Å². The molecule has 0 radical (unpaired) electrons. The van der Waals surface area contributed by atoms with E-state index in [1.165, 1.54) is 25.7 Å². The number of hydrogen-bond acceptors (Lipinski definition) is 4. The minimum atomic E-state index is -0.312. The summed E-state index contributed by atoms with van der Waals surface area (Å²) in [6.07, 6.45) is 5.90. The summed E-state index contributed by atoms with van der Waals surface area (Å²) in [5.74, 6) is 0.713. The summed E-state index contributed by atoms with van der Waals surface area (Å²) in [6.45, 7) is 6.90. The lowest BCUT2D eigenvalue weighted by Crippen LogP contribution is -2.52. The molecule has 1 saturated heterocycles. The van der Waals surface area contributed by atoms with Crippen LogP contribution in [0.5, 0.6) is 0 Å². The Morgan fingerprint density at radius 2 is 2.11 bits per heavy atom. The molecule has 4 nitrogen and oxygen atoms in total. The largest absolute Gasteiger partial charge is 0.391 e. The Morgan fingerprint density at radius 3 is 2.79 bits per heavy atom. The molecule has 4 heteroatoms.